The second-order valence-electron chi connectivity index (χ2n) is 1.54. The minimum Gasteiger partial charge on any atom is -0.502 e. The van der Waals surface area contributed by atoms with Crippen molar-refractivity contribution in [1.29, 1.82) is 0 Å². The van der Waals surface area contributed by atoms with E-state index in [0.717, 1.165) is 18.6 Å². The van der Waals surface area contributed by atoms with Crippen molar-refractivity contribution in [1.82, 2.24) is 0 Å². The lowest BCUT2D eigenvalue weighted by Crippen LogP contribution is -1.84. The quantitative estimate of drug-likeness (QED) is 0.423. The molecule has 0 fully saturated rings. The summed E-state index contributed by atoms with van der Waals surface area (Å²) < 4.78 is 4.80. The van der Waals surface area contributed by atoms with Crippen LogP contribution in [0.15, 0.2) is 12.3 Å². The zero-order valence-corrected chi connectivity index (χ0v) is 5.87. The summed E-state index contributed by atoms with van der Waals surface area (Å²) in [6.07, 6.45) is 1.83. The Kier molecular flexibility index (Phi) is 4.87. The average molecular weight is 135 g/mol. The molecule has 8 heavy (non-hydrogen) atoms. The van der Waals surface area contributed by atoms with Crippen molar-refractivity contribution in [2.75, 3.05) is 13.0 Å². The maximum absolute atomic E-state index is 5.41. The first-order valence-corrected chi connectivity index (χ1v) is 3.12. The van der Waals surface area contributed by atoms with Crippen LogP contribution in [0.5, 0.6) is 0 Å². The van der Waals surface area contributed by atoms with Gasteiger partial charge in [-0.1, -0.05) is 6.58 Å². The van der Waals surface area contributed by atoms with Crippen LogP contribution >= 0.6 is 11.6 Å². The van der Waals surface area contributed by atoms with Gasteiger partial charge in [0.15, 0.2) is 0 Å². The molecule has 0 bridgehead atoms. The van der Waals surface area contributed by atoms with Gasteiger partial charge in [0.25, 0.3) is 0 Å². The molecule has 0 aliphatic heterocycles. The molecule has 0 rings (SSSR count). The fourth-order valence-electron chi connectivity index (χ4n) is 0.366. The van der Waals surface area contributed by atoms with Crippen molar-refractivity contribution in [3.8, 4) is 0 Å². The summed E-state index contributed by atoms with van der Waals surface area (Å²) in [4.78, 5) is 0. The zero-order chi connectivity index (χ0) is 6.41. The Morgan fingerprint density at radius 2 is 2.38 bits per heavy atom. The number of hydrogen-bond acceptors (Lipinski definition) is 1. The van der Waals surface area contributed by atoms with E-state index in [1.165, 1.54) is 0 Å². The van der Waals surface area contributed by atoms with Crippen LogP contribution in [0.25, 0.3) is 0 Å². The molecular formula is C6H11ClO. The number of hydrogen-bond donors (Lipinski definition) is 0. The first-order chi connectivity index (χ1) is 3.81. The second kappa shape index (κ2) is 4.98. The third-order valence-corrected chi connectivity index (χ3v) is 1.15. The van der Waals surface area contributed by atoms with E-state index in [4.69, 9.17) is 16.3 Å². The van der Waals surface area contributed by atoms with Crippen LogP contribution in [0.3, 0.4) is 0 Å². The van der Waals surface area contributed by atoms with Gasteiger partial charge in [0.05, 0.1) is 12.9 Å². The van der Waals surface area contributed by atoms with E-state index >= 15 is 0 Å². The Labute approximate surface area is 55.3 Å². The maximum atomic E-state index is 5.41. The van der Waals surface area contributed by atoms with Gasteiger partial charge in [-0.05, 0) is 6.42 Å². The zero-order valence-electron chi connectivity index (χ0n) is 5.11. The van der Waals surface area contributed by atoms with Crippen LogP contribution in [-0.2, 0) is 4.74 Å². The van der Waals surface area contributed by atoms with Crippen molar-refractivity contribution in [2.24, 2.45) is 0 Å². The Hall–Kier alpha value is -0.170. The van der Waals surface area contributed by atoms with Gasteiger partial charge >= 0.3 is 0 Å². The van der Waals surface area contributed by atoms with E-state index < -0.39 is 0 Å². The molecule has 0 N–H and O–H groups in total. The van der Waals surface area contributed by atoms with Crippen LogP contribution < -0.4 is 0 Å². The van der Waals surface area contributed by atoms with E-state index in [1.807, 2.05) is 0 Å². The number of alkyl halides is 1. The normalized spacial score (nSPS) is 8.75. The van der Waals surface area contributed by atoms with Gasteiger partial charge in [-0.15, -0.1) is 11.6 Å². The second-order valence-corrected chi connectivity index (χ2v) is 1.91. The average Bonchev–Trinajstić information content (AvgIpc) is 1.83. The van der Waals surface area contributed by atoms with Crippen molar-refractivity contribution in [2.45, 2.75) is 12.8 Å². The lowest BCUT2D eigenvalue weighted by Gasteiger charge is -1.99. The van der Waals surface area contributed by atoms with E-state index in [9.17, 15) is 0 Å². The van der Waals surface area contributed by atoms with Crippen LogP contribution in [0.1, 0.15) is 12.8 Å². The van der Waals surface area contributed by atoms with Crippen LogP contribution in [0.4, 0.5) is 0 Å². The molecule has 0 unspecified atom stereocenters. The van der Waals surface area contributed by atoms with Crippen molar-refractivity contribution in [3.63, 3.8) is 0 Å². The lowest BCUT2D eigenvalue weighted by atomic mass is 10.3. The van der Waals surface area contributed by atoms with Crippen molar-refractivity contribution < 1.29 is 4.74 Å². The Morgan fingerprint density at radius 3 is 2.75 bits per heavy atom. The molecule has 1 nitrogen and oxygen atoms in total. The Balaban J connectivity index is 2.99. The molecule has 0 saturated carbocycles. The molecule has 48 valence electrons. The molecule has 0 heterocycles. The minimum atomic E-state index is 0.683. The van der Waals surface area contributed by atoms with E-state index in [-0.39, 0.29) is 0 Å². The van der Waals surface area contributed by atoms with E-state index in [0.29, 0.717) is 5.88 Å². The summed E-state index contributed by atoms with van der Waals surface area (Å²) in [5, 5.41) is 0. The molecule has 0 amide bonds. The SMILES string of the molecule is C=C(CCCCl)OC. The highest BCUT2D eigenvalue weighted by Crippen LogP contribution is 2.02. The van der Waals surface area contributed by atoms with Crippen LogP contribution in [0.2, 0.25) is 0 Å². The van der Waals surface area contributed by atoms with E-state index in [1.54, 1.807) is 7.11 Å². The Bertz CT molecular complexity index is 70.9. The van der Waals surface area contributed by atoms with Crippen molar-refractivity contribution in [3.05, 3.63) is 12.3 Å². The molecule has 0 aromatic carbocycles. The fraction of sp³-hybridized carbons (Fsp3) is 0.667. The molecule has 0 saturated heterocycles. The highest BCUT2D eigenvalue weighted by molar-refractivity contribution is 6.17. The fourth-order valence-corrected chi connectivity index (χ4v) is 0.500. The standard InChI is InChI=1S/C6H11ClO/c1-6(8-2)4-3-5-7/h1,3-5H2,2H3. The van der Waals surface area contributed by atoms with Crippen LogP contribution in [0, 0.1) is 0 Å². The molecule has 0 aliphatic rings. The summed E-state index contributed by atoms with van der Waals surface area (Å²) in [7, 11) is 1.62. The third kappa shape index (κ3) is 4.00. The van der Waals surface area contributed by atoms with Crippen molar-refractivity contribution >= 4 is 11.6 Å². The third-order valence-electron chi connectivity index (χ3n) is 0.878. The molecule has 0 aromatic rings. The highest BCUT2D eigenvalue weighted by atomic mass is 35.5. The molecule has 0 atom stereocenters. The lowest BCUT2D eigenvalue weighted by molar-refractivity contribution is 0.278. The summed E-state index contributed by atoms with van der Waals surface area (Å²) in [6, 6.07) is 0. The monoisotopic (exact) mass is 134 g/mol. The van der Waals surface area contributed by atoms with Crippen LogP contribution in [-0.4, -0.2) is 13.0 Å². The largest absolute Gasteiger partial charge is 0.502 e. The number of ether oxygens (including phenoxy) is 1. The minimum absolute atomic E-state index is 0.683. The molecule has 0 spiro atoms. The smallest absolute Gasteiger partial charge is 0.0884 e. The Morgan fingerprint density at radius 1 is 1.75 bits per heavy atom. The number of rotatable bonds is 4. The number of halogens is 1. The van der Waals surface area contributed by atoms with Gasteiger partial charge in [-0.2, -0.15) is 0 Å². The van der Waals surface area contributed by atoms with Gasteiger partial charge < -0.3 is 4.74 Å². The predicted molar refractivity (Wildman–Crippen MR) is 36.1 cm³/mol. The summed E-state index contributed by atoms with van der Waals surface area (Å²) in [5.41, 5.74) is 0. The molecule has 0 radical (unpaired) electrons. The summed E-state index contributed by atoms with van der Waals surface area (Å²) in [6.45, 7) is 3.63. The first-order valence-electron chi connectivity index (χ1n) is 2.59. The van der Waals surface area contributed by atoms with Gasteiger partial charge in [0.2, 0.25) is 0 Å². The number of methoxy groups -OCH3 is 1. The molecular weight excluding hydrogens is 124 g/mol. The highest BCUT2D eigenvalue weighted by Gasteiger charge is 1.88. The molecule has 0 aromatic heterocycles. The van der Waals surface area contributed by atoms with E-state index in [2.05, 4.69) is 6.58 Å². The topological polar surface area (TPSA) is 9.23 Å². The first kappa shape index (κ1) is 7.83. The van der Waals surface area contributed by atoms with Gasteiger partial charge in [-0.3, -0.25) is 0 Å². The summed E-state index contributed by atoms with van der Waals surface area (Å²) in [5.74, 6) is 1.49. The number of allylic oxidation sites excluding steroid dienone is 1. The van der Waals surface area contributed by atoms with Gasteiger partial charge in [0, 0.05) is 12.3 Å². The predicted octanol–water partition coefficient (Wildman–Crippen LogP) is 2.17. The molecule has 0 aliphatic carbocycles. The summed E-state index contributed by atoms with van der Waals surface area (Å²) >= 11 is 5.41. The maximum Gasteiger partial charge on any atom is 0.0884 e. The van der Waals surface area contributed by atoms with Gasteiger partial charge in [0.1, 0.15) is 0 Å². The molecule has 2 heteroatoms. The van der Waals surface area contributed by atoms with Gasteiger partial charge in [-0.25, -0.2) is 0 Å².